The molecule has 0 fully saturated rings. The van der Waals surface area contributed by atoms with E-state index in [0.717, 1.165) is 11.1 Å². The number of fused-ring (bicyclic) bond motifs is 1. The van der Waals surface area contributed by atoms with E-state index < -0.39 is 6.04 Å². The van der Waals surface area contributed by atoms with Crippen LogP contribution in [-0.4, -0.2) is 33.7 Å². The molecule has 1 atom stereocenters. The fraction of sp³-hybridized carbons (Fsp3) is 0.200. The predicted molar refractivity (Wildman–Crippen MR) is 104 cm³/mol. The third-order valence-electron chi connectivity index (χ3n) is 4.53. The Bertz CT molecular complexity index is 1040. The van der Waals surface area contributed by atoms with Crippen molar-refractivity contribution in [3.8, 4) is 17.1 Å². The summed E-state index contributed by atoms with van der Waals surface area (Å²) in [6.45, 7) is 2.00. The Labute approximate surface area is 161 Å². The lowest BCUT2D eigenvalue weighted by molar-refractivity contribution is -0.123. The van der Waals surface area contributed by atoms with E-state index in [9.17, 15) is 9.59 Å². The topological polar surface area (TPSA) is 98.1 Å². The molecule has 8 heteroatoms. The van der Waals surface area contributed by atoms with Crippen molar-refractivity contribution in [1.29, 1.82) is 0 Å². The summed E-state index contributed by atoms with van der Waals surface area (Å²) in [4.78, 5) is 29.2. The summed E-state index contributed by atoms with van der Waals surface area (Å²) in [5.74, 6) is 0.779. The number of hydrogen-bond donors (Lipinski definition) is 2. The van der Waals surface area contributed by atoms with E-state index in [2.05, 4.69) is 20.7 Å². The van der Waals surface area contributed by atoms with Crippen LogP contribution in [0.4, 0.5) is 11.6 Å². The van der Waals surface area contributed by atoms with Crippen molar-refractivity contribution in [2.24, 2.45) is 0 Å². The lowest BCUT2D eigenvalue weighted by atomic mass is 10.1. The Balaban J connectivity index is 1.52. The van der Waals surface area contributed by atoms with Crippen LogP contribution in [0.25, 0.3) is 11.4 Å². The standard InChI is InChI=1S/C20H19N5O3/c1-12-7-9-13(10-8-12)18-22-20-23-19(27)15(25(20)24-18)11-17(26)21-14-5-3-4-6-16(14)28-2/h3-10,15H,11H2,1-2H3,(H,21,26)(H,22,23,24,27)/t15-/m0/s1. The molecule has 0 unspecified atom stereocenters. The minimum atomic E-state index is -0.753. The number of nitrogens with one attached hydrogen (secondary N) is 2. The van der Waals surface area contributed by atoms with E-state index in [1.54, 1.807) is 18.2 Å². The van der Waals surface area contributed by atoms with E-state index in [0.29, 0.717) is 23.2 Å². The van der Waals surface area contributed by atoms with Crippen LogP contribution in [0.15, 0.2) is 48.5 Å². The molecular formula is C20H19N5O3. The van der Waals surface area contributed by atoms with Gasteiger partial charge in [-0.25, -0.2) is 4.68 Å². The number of anilines is 2. The number of aromatic nitrogens is 3. The minimum absolute atomic E-state index is 0.0619. The summed E-state index contributed by atoms with van der Waals surface area (Å²) >= 11 is 0. The maximum atomic E-state index is 12.5. The molecule has 2 N–H and O–H groups in total. The summed E-state index contributed by atoms with van der Waals surface area (Å²) in [5, 5.41) is 9.90. The molecule has 8 nitrogen and oxygen atoms in total. The van der Waals surface area contributed by atoms with Gasteiger partial charge >= 0.3 is 0 Å². The first-order chi connectivity index (χ1) is 13.5. The highest BCUT2D eigenvalue weighted by Gasteiger charge is 2.35. The molecule has 1 aromatic heterocycles. The Morgan fingerprint density at radius 3 is 2.71 bits per heavy atom. The van der Waals surface area contributed by atoms with Crippen molar-refractivity contribution in [2.45, 2.75) is 19.4 Å². The van der Waals surface area contributed by atoms with Crippen LogP contribution in [-0.2, 0) is 9.59 Å². The first kappa shape index (κ1) is 17.7. The fourth-order valence-corrected chi connectivity index (χ4v) is 3.06. The third-order valence-corrected chi connectivity index (χ3v) is 4.53. The maximum Gasteiger partial charge on any atom is 0.252 e. The van der Waals surface area contributed by atoms with Gasteiger partial charge in [-0.3, -0.25) is 14.9 Å². The molecule has 3 aromatic rings. The lowest BCUT2D eigenvalue weighted by Crippen LogP contribution is -2.24. The van der Waals surface area contributed by atoms with Gasteiger partial charge < -0.3 is 10.1 Å². The van der Waals surface area contributed by atoms with Crippen LogP contribution in [0.5, 0.6) is 5.75 Å². The second-order valence-corrected chi connectivity index (χ2v) is 6.53. The number of rotatable bonds is 5. The SMILES string of the molecule is COc1ccccc1NC(=O)C[C@H]1C(=O)Nc2nc(-c3ccc(C)cc3)nn21. The summed E-state index contributed by atoms with van der Waals surface area (Å²) < 4.78 is 6.70. The molecule has 1 aliphatic rings. The van der Waals surface area contributed by atoms with Gasteiger partial charge in [0.1, 0.15) is 11.8 Å². The molecule has 0 saturated heterocycles. The van der Waals surface area contributed by atoms with Gasteiger partial charge in [-0.15, -0.1) is 5.10 Å². The molecule has 4 rings (SSSR count). The summed E-state index contributed by atoms with van der Waals surface area (Å²) in [6.07, 6.45) is -0.0619. The molecule has 1 aliphatic heterocycles. The van der Waals surface area contributed by atoms with Crippen LogP contribution < -0.4 is 15.4 Å². The van der Waals surface area contributed by atoms with Gasteiger partial charge in [0.25, 0.3) is 5.91 Å². The minimum Gasteiger partial charge on any atom is -0.495 e. The number of ether oxygens (including phenoxy) is 1. The van der Waals surface area contributed by atoms with Crippen molar-refractivity contribution < 1.29 is 14.3 Å². The molecule has 2 amide bonds. The zero-order chi connectivity index (χ0) is 19.7. The van der Waals surface area contributed by atoms with E-state index in [1.165, 1.54) is 11.8 Å². The molecule has 2 heterocycles. The zero-order valence-electron chi connectivity index (χ0n) is 15.5. The normalized spacial score (nSPS) is 15.1. The van der Waals surface area contributed by atoms with Crippen molar-refractivity contribution in [3.63, 3.8) is 0 Å². The van der Waals surface area contributed by atoms with Crippen molar-refractivity contribution >= 4 is 23.5 Å². The van der Waals surface area contributed by atoms with Crippen molar-refractivity contribution in [3.05, 3.63) is 54.1 Å². The average molecular weight is 377 g/mol. The van der Waals surface area contributed by atoms with Gasteiger partial charge in [0.15, 0.2) is 5.82 Å². The second-order valence-electron chi connectivity index (χ2n) is 6.53. The smallest absolute Gasteiger partial charge is 0.252 e. The molecular weight excluding hydrogens is 358 g/mol. The van der Waals surface area contributed by atoms with Gasteiger partial charge in [0, 0.05) is 5.56 Å². The van der Waals surface area contributed by atoms with Gasteiger partial charge in [0.2, 0.25) is 11.9 Å². The quantitative estimate of drug-likeness (QED) is 0.712. The van der Waals surface area contributed by atoms with Gasteiger partial charge in [-0.1, -0.05) is 42.0 Å². The number of para-hydroxylation sites is 2. The number of benzene rings is 2. The first-order valence-corrected chi connectivity index (χ1v) is 8.82. The number of aryl methyl sites for hydroxylation is 1. The van der Waals surface area contributed by atoms with Crippen LogP contribution >= 0.6 is 0 Å². The number of methoxy groups -OCH3 is 1. The maximum absolute atomic E-state index is 12.5. The Kier molecular flexibility index (Phi) is 4.52. The van der Waals surface area contributed by atoms with E-state index in [1.807, 2.05) is 37.3 Å². The number of carbonyl (C=O) groups is 2. The Hall–Kier alpha value is -3.68. The first-order valence-electron chi connectivity index (χ1n) is 8.82. The number of hydrogen-bond acceptors (Lipinski definition) is 5. The number of amides is 2. The van der Waals surface area contributed by atoms with Gasteiger partial charge in [0.05, 0.1) is 19.2 Å². The van der Waals surface area contributed by atoms with Crippen LogP contribution in [0.1, 0.15) is 18.0 Å². The molecule has 142 valence electrons. The van der Waals surface area contributed by atoms with Gasteiger partial charge in [-0.05, 0) is 19.1 Å². The van der Waals surface area contributed by atoms with Gasteiger partial charge in [-0.2, -0.15) is 4.98 Å². The Morgan fingerprint density at radius 2 is 1.96 bits per heavy atom. The molecule has 0 aliphatic carbocycles. The van der Waals surface area contributed by atoms with Crippen LogP contribution in [0.3, 0.4) is 0 Å². The molecule has 2 aromatic carbocycles. The largest absolute Gasteiger partial charge is 0.495 e. The predicted octanol–water partition coefficient (Wildman–Crippen LogP) is 2.78. The molecule has 0 bridgehead atoms. The summed E-state index contributed by atoms with van der Waals surface area (Å²) in [7, 11) is 1.53. The van der Waals surface area contributed by atoms with E-state index in [-0.39, 0.29) is 18.2 Å². The van der Waals surface area contributed by atoms with Crippen molar-refractivity contribution in [2.75, 3.05) is 17.7 Å². The second kappa shape index (κ2) is 7.15. The highest BCUT2D eigenvalue weighted by atomic mass is 16.5. The molecule has 0 radical (unpaired) electrons. The average Bonchev–Trinajstić information content (AvgIpc) is 3.21. The molecule has 0 saturated carbocycles. The third kappa shape index (κ3) is 3.32. The summed E-state index contributed by atoms with van der Waals surface area (Å²) in [6, 6.07) is 14.1. The van der Waals surface area contributed by atoms with E-state index >= 15 is 0 Å². The highest BCUT2D eigenvalue weighted by Crippen LogP contribution is 2.29. The monoisotopic (exact) mass is 377 g/mol. The summed E-state index contributed by atoms with van der Waals surface area (Å²) in [5.41, 5.74) is 2.53. The number of nitrogens with zero attached hydrogens (tertiary/aromatic N) is 3. The molecule has 0 spiro atoms. The van der Waals surface area contributed by atoms with Crippen LogP contribution in [0, 0.1) is 6.92 Å². The van der Waals surface area contributed by atoms with E-state index in [4.69, 9.17) is 4.74 Å². The van der Waals surface area contributed by atoms with Crippen molar-refractivity contribution in [1.82, 2.24) is 14.8 Å². The zero-order valence-corrected chi connectivity index (χ0v) is 15.5. The highest BCUT2D eigenvalue weighted by molar-refractivity contribution is 6.01. The molecule has 28 heavy (non-hydrogen) atoms. The lowest BCUT2D eigenvalue weighted by Gasteiger charge is -2.12. The Morgan fingerprint density at radius 1 is 1.21 bits per heavy atom. The fourth-order valence-electron chi connectivity index (χ4n) is 3.06. The number of carbonyl (C=O) groups excluding carboxylic acids is 2. The van der Waals surface area contributed by atoms with Crippen LogP contribution in [0.2, 0.25) is 0 Å².